The molecule has 0 saturated carbocycles. The molecule has 1 atom stereocenters. The highest BCUT2D eigenvalue weighted by Crippen LogP contribution is 2.24. The topological polar surface area (TPSA) is 72.2 Å². The number of sulfonamides is 1. The Balaban J connectivity index is 2.33. The van der Waals surface area contributed by atoms with Crippen LogP contribution < -0.4 is 10.5 Å². The summed E-state index contributed by atoms with van der Waals surface area (Å²) in [6.07, 6.45) is 0. The van der Waals surface area contributed by atoms with Gasteiger partial charge in [-0.1, -0.05) is 30.3 Å². The van der Waals surface area contributed by atoms with E-state index in [9.17, 15) is 17.2 Å². The summed E-state index contributed by atoms with van der Waals surface area (Å²) in [5.41, 5.74) is 5.08. The van der Waals surface area contributed by atoms with Crippen molar-refractivity contribution in [2.75, 3.05) is 5.73 Å². The van der Waals surface area contributed by atoms with Gasteiger partial charge in [0.1, 0.15) is 16.4 Å². The molecule has 0 radical (unpaired) electrons. The molecule has 21 heavy (non-hydrogen) atoms. The predicted octanol–water partition coefficient (Wildman–Crippen LogP) is 2.59. The molecular weight excluding hydrogens is 298 g/mol. The lowest BCUT2D eigenvalue weighted by atomic mass is 10.1. The zero-order valence-electron chi connectivity index (χ0n) is 11.2. The summed E-state index contributed by atoms with van der Waals surface area (Å²) in [6.45, 7) is 1.62. The van der Waals surface area contributed by atoms with Gasteiger partial charge in [-0.2, -0.15) is 0 Å². The van der Waals surface area contributed by atoms with Crippen LogP contribution in [0.15, 0.2) is 47.4 Å². The number of hydrogen-bond donors (Lipinski definition) is 2. The molecule has 0 aliphatic carbocycles. The summed E-state index contributed by atoms with van der Waals surface area (Å²) in [5, 5.41) is 0. The van der Waals surface area contributed by atoms with E-state index in [0.717, 1.165) is 17.7 Å². The lowest BCUT2D eigenvalue weighted by Crippen LogP contribution is -2.28. The van der Waals surface area contributed by atoms with Crippen LogP contribution in [0.3, 0.4) is 0 Å². The molecule has 1 unspecified atom stereocenters. The van der Waals surface area contributed by atoms with Crippen LogP contribution >= 0.6 is 0 Å². The van der Waals surface area contributed by atoms with Gasteiger partial charge in [0.15, 0.2) is 5.82 Å². The number of nitrogens with one attached hydrogen (secondary N) is 1. The van der Waals surface area contributed by atoms with Crippen molar-refractivity contribution >= 4 is 15.7 Å². The zero-order chi connectivity index (χ0) is 15.6. The van der Waals surface area contributed by atoms with E-state index in [4.69, 9.17) is 5.73 Å². The molecule has 0 heterocycles. The van der Waals surface area contributed by atoms with Crippen LogP contribution in [0.2, 0.25) is 0 Å². The third kappa shape index (κ3) is 3.20. The van der Waals surface area contributed by atoms with Crippen LogP contribution in [0.4, 0.5) is 14.5 Å². The van der Waals surface area contributed by atoms with Crippen molar-refractivity contribution in [1.29, 1.82) is 0 Å². The summed E-state index contributed by atoms with van der Waals surface area (Å²) in [6, 6.07) is 9.90. The first-order valence-electron chi connectivity index (χ1n) is 6.13. The van der Waals surface area contributed by atoms with Crippen molar-refractivity contribution in [2.45, 2.75) is 17.9 Å². The predicted molar refractivity (Wildman–Crippen MR) is 75.9 cm³/mol. The maximum Gasteiger partial charge on any atom is 0.244 e. The van der Waals surface area contributed by atoms with Gasteiger partial charge in [-0.3, -0.25) is 0 Å². The third-order valence-corrected chi connectivity index (χ3v) is 4.57. The summed E-state index contributed by atoms with van der Waals surface area (Å²) in [5.74, 6) is -2.29. The highest BCUT2D eigenvalue weighted by Gasteiger charge is 2.24. The van der Waals surface area contributed by atoms with E-state index >= 15 is 0 Å². The van der Waals surface area contributed by atoms with Crippen LogP contribution in [0.1, 0.15) is 18.5 Å². The Kier molecular flexibility index (Phi) is 4.24. The Morgan fingerprint density at radius 3 is 2.33 bits per heavy atom. The number of anilines is 1. The van der Waals surface area contributed by atoms with Gasteiger partial charge in [0, 0.05) is 6.04 Å². The average molecular weight is 312 g/mol. The maximum atomic E-state index is 13.8. The average Bonchev–Trinajstić information content (AvgIpc) is 2.45. The van der Waals surface area contributed by atoms with Crippen molar-refractivity contribution in [3.05, 3.63) is 59.7 Å². The van der Waals surface area contributed by atoms with Gasteiger partial charge in [0.05, 0.1) is 0 Å². The number of halogens is 2. The number of benzene rings is 2. The molecule has 7 heteroatoms. The third-order valence-electron chi connectivity index (χ3n) is 3.01. The zero-order valence-corrected chi connectivity index (χ0v) is 12.0. The monoisotopic (exact) mass is 312 g/mol. The minimum Gasteiger partial charge on any atom is -0.394 e. The Bertz CT molecular complexity index is 749. The molecule has 0 aromatic heterocycles. The molecule has 0 spiro atoms. The van der Waals surface area contributed by atoms with Crippen LogP contribution in [0, 0.1) is 11.6 Å². The minimum atomic E-state index is -4.15. The van der Waals surface area contributed by atoms with Gasteiger partial charge in [0.2, 0.25) is 10.0 Å². The van der Waals surface area contributed by atoms with E-state index in [-0.39, 0.29) is 0 Å². The number of rotatable bonds is 4. The van der Waals surface area contributed by atoms with Gasteiger partial charge in [-0.25, -0.2) is 21.9 Å². The lowest BCUT2D eigenvalue weighted by Gasteiger charge is -2.15. The molecule has 112 valence electrons. The normalized spacial score (nSPS) is 13.1. The Morgan fingerprint density at radius 1 is 1.10 bits per heavy atom. The highest BCUT2D eigenvalue weighted by molar-refractivity contribution is 7.89. The Morgan fingerprint density at radius 2 is 1.71 bits per heavy atom. The summed E-state index contributed by atoms with van der Waals surface area (Å²) in [4.78, 5) is -0.677. The fraction of sp³-hybridized carbons (Fsp3) is 0.143. The van der Waals surface area contributed by atoms with E-state index in [2.05, 4.69) is 4.72 Å². The lowest BCUT2D eigenvalue weighted by molar-refractivity contribution is 0.540. The van der Waals surface area contributed by atoms with Crippen LogP contribution in [0.5, 0.6) is 0 Å². The van der Waals surface area contributed by atoms with Crippen LogP contribution in [-0.2, 0) is 10.0 Å². The quantitative estimate of drug-likeness (QED) is 0.852. The molecule has 2 aromatic rings. The molecule has 0 amide bonds. The van der Waals surface area contributed by atoms with Crippen molar-refractivity contribution < 1.29 is 17.2 Å². The highest BCUT2D eigenvalue weighted by atomic mass is 32.2. The molecule has 3 N–H and O–H groups in total. The second kappa shape index (κ2) is 5.79. The van der Waals surface area contributed by atoms with Gasteiger partial charge in [-0.05, 0) is 24.6 Å². The molecule has 0 aliphatic heterocycles. The molecule has 2 aromatic carbocycles. The number of nitrogen functional groups attached to an aromatic ring is 1. The van der Waals surface area contributed by atoms with Gasteiger partial charge in [0.25, 0.3) is 0 Å². The Hall–Kier alpha value is -1.99. The fourth-order valence-corrected chi connectivity index (χ4v) is 3.18. The number of nitrogens with two attached hydrogens (primary N) is 1. The second-order valence-electron chi connectivity index (χ2n) is 4.53. The van der Waals surface area contributed by atoms with E-state index in [0.29, 0.717) is 0 Å². The summed E-state index contributed by atoms with van der Waals surface area (Å²) < 4.78 is 53.6. The first kappa shape index (κ1) is 15.4. The van der Waals surface area contributed by atoms with Crippen molar-refractivity contribution in [1.82, 2.24) is 4.72 Å². The summed E-state index contributed by atoms with van der Waals surface area (Å²) >= 11 is 0. The maximum absolute atomic E-state index is 13.8. The van der Waals surface area contributed by atoms with Gasteiger partial charge < -0.3 is 5.73 Å². The van der Waals surface area contributed by atoms with Crippen LogP contribution in [-0.4, -0.2) is 8.42 Å². The standard InChI is InChI=1S/C14H14F2N2O2S/c1-9(10-5-3-2-4-6-10)18-21(19,20)12-8-7-11(15)14(17)13(12)16/h2-9,18H,17H2,1H3. The second-order valence-corrected chi connectivity index (χ2v) is 6.21. The van der Waals surface area contributed by atoms with E-state index in [1.165, 1.54) is 0 Å². The van der Waals surface area contributed by atoms with Crippen molar-refractivity contribution in [3.63, 3.8) is 0 Å². The van der Waals surface area contributed by atoms with E-state index < -0.39 is 38.3 Å². The minimum absolute atomic E-state index is 0.568. The van der Waals surface area contributed by atoms with Crippen molar-refractivity contribution in [2.24, 2.45) is 0 Å². The molecular formula is C14H14F2N2O2S. The molecule has 2 rings (SSSR count). The van der Waals surface area contributed by atoms with Crippen molar-refractivity contribution in [3.8, 4) is 0 Å². The largest absolute Gasteiger partial charge is 0.394 e. The molecule has 0 saturated heterocycles. The smallest absolute Gasteiger partial charge is 0.244 e. The SMILES string of the molecule is CC(NS(=O)(=O)c1ccc(F)c(N)c1F)c1ccccc1. The van der Waals surface area contributed by atoms with E-state index in [1.54, 1.807) is 37.3 Å². The molecule has 0 aliphatic rings. The fourth-order valence-electron chi connectivity index (χ4n) is 1.86. The Labute approximate surface area is 121 Å². The number of hydrogen-bond acceptors (Lipinski definition) is 3. The molecule has 0 bridgehead atoms. The van der Waals surface area contributed by atoms with E-state index in [1.807, 2.05) is 0 Å². The van der Waals surface area contributed by atoms with Gasteiger partial charge >= 0.3 is 0 Å². The first-order valence-corrected chi connectivity index (χ1v) is 7.62. The molecule has 0 fully saturated rings. The summed E-state index contributed by atoms with van der Waals surface area (Å²) in [7, 11) is -4.15. The van der Waals surface area contributed by atoms with Crippen LogP contribution in [0.25, 0.3) is 0 Å². The first-order chi connectivity index (χ1) is 9.83. The van der Waals surface area contributed by atoms with Gasteiger partial charge in [-0.15, -0.1) is 0 Å². The molecule has 4 nitrogen and oxygen atoms in total.